The molecule has 0 radical (unpaired) electrons. The molecule has 1 aliphatic carbocycles. The van der Waals surface area contributed by atoms with Crippen LogP contribution in [0.3, 0.4) is 0 Å². The lowest BCUT2D eigenvalue weighted by molar-refractivity contribution is -0.143. The van der Waals surface area contributed by atoms with Crippen LogP contribution in [-0.2, 0) is 16.0 Å². The summed E-state index contributed by atoms with van der Waals surface area (Å²) in [6, 6.07) is 6.85. The summed E-state index contributed by atoms with van der Waals surface area (Å²) >= 11 is 0. The minimum Gasteiger partial charge on any atom is -0.380 e. The van der Waals surface area contributed by atoms with E-state index in [1.54, 1.807) is 12.1 Å². The van der Waals surface area contributed by atoms with Gasteiger partial charge in [-0.3, -0.25) is 4.90 Å². The highest BCUT2D eigenvalue weighted by molar-refractivity contribution is 5.16. The first kappa shape index (κ1) is 18.8. The van der Waals surface area contributed by atoms with Crippen LogP contribution in [0.5, 0.6) is 0 Å². The van der Waals surface area contributed by atoms with E-state index in [0.29, 0.717) is 5.92 Å². The molecule has 25 heavy (non-hydrogen) atoms. The molecule has 1 saturated carbocycles. The van der Waals surface area contributed by atoms with E-state index in [0.717, 1.165) is 58.0 Å². The zero-order valence-electron chi connectivity index (χ0n) is 15.5. The number of halogens is 1. The molecule has 0 bridgehead atoms. The van der Waals surface area contributed by atoms with E-state index in [-0.39, 0.29) is 11.4 Å². The SMILES string of the molecule is CN(C)CCOC[C@H]1CCC[C@]12CN(Cc1ccc(F)cc1)CCO2. The molecule has 1 heterocycles. The number of rotatable bonds is 7. The first-order valence-electron chi connectivity index (χ1n) is 9.41. The number of likely N-dealkylation sites (N-methyl/N-ethyl adjacent to an activating group) is 1. The standard InChI is InChI=1S/C20H31FN2O2/c1-22(2)10-12-24-15-18-4-3-9-20(18)16-23(11-13-25-20)14-17-5-7-19(21)8-6-17/h5-8,18H,3-4,9-16H2,1-2H3/t18-,20+/m1/s1. The third kappa shape index (κ3) is 5.00. The van der Waals surface area contributed by atoms with Crippen LogP contribution in [0.2, 0.25) is 0 Å². The molecule has 1 saturated heterocycles. The predicted molar refractivity (Wildman–Crippen MR) is 97.1 cm³/mol. The van der Waals surface area contributed by atoms with Crippen LogP contribution < -0.4 is 0 Å². The summed E-state index contributed by atoms with van der Waals surface area (Å²) < 4.78 is 25.4. The fraction of sp³-hybridized carbons (Fsp3) is 0.700. The Morgan fingerprint density at radius 1 is 1.32 bits per heavy atom. The first-order valence-corrected chi connectivity index (χ1v) is 9.41. The van der Waals surface area contributed by atoms with Gasteiger partial charge in [-0.1, -0.05) is 18.6 Å². The van der Waals surface area contributed by atoms with Crippen molar-refractivity contribution in [1.82, 2.24) is 9.80 Å². The Kier molecular flexibility index (Phi) is 6.44. The van der Waals surface area contributed by atoms with Crippen molar-refractivity contribution in [3.05, 3.63) is 35.6 Å². The van der Waals surface area contributed by atoms with Gasteiger partial charge in [0.2, 0.25) is 0 Å². The zero-order valence-corrected chi connectivity index (χ0v) is 15.5. The average Bonchev–Trinajstić information content (AvgIpc) is 2.95. The van der Waals surface area contributed by atoms with E-state index < -0.39 is 0 Å². The number of hydrogen-bond acceptors (Lipinski definition) is 4. The normalized spacial score (nSPS) is 27.4. The number of nitrogens with zero attached hydrogens (tertiary/aromatic N) is 2. The Morgan fingerprint density at radius 3 is 2.88 bits per heavy atom. The number of hydrogen-bond donors (Lipinski definition) is 0. The predicted octanol–water partition coefficient (Wildman–Crippen LogP) is 2.78. The molecule has 0 aromatic heterocycles. The molecule has 1 aromatic rings. The van der Waals surface area contributed by atoms with Gasteiger partial charge in [-0.05, 0) is 44.6 Å². The Bertz CT molecular complexity index is 537. The maximum atomic E-state index is 13.1. The molecule has 0 amide bonds. The quantitative estimate of drug-likeness (QED) is 0.706. The van der Waals surface area contributed by atoms with Gasteiger partial charge in [0, 0.05) is 32.1 Å². The number of morpholine rings is 1. The Morgan fingerprint density at radius 2 is 2.12 bits per heavy atom. The minimum absolute atomic E-state index is 0.0591. The van der Waals surface area contributed by atoms with E-state index in [1.165, 1.54) is 12.8 Å². The van der Waals surface area contributed by atoms with Gasteiger partial charge in [0.05, 0.1) is 25.4 Å². The van der Waals surface area contributed by atoms with Crippen molar-refractivity contribution >= 4 is 0 Å². The van der Waals surface area contributed by atoms with E-state index in [9.17, 15) is 4.39 Å². The molecule has 4 nitrogen and oxygen atoms in total. The summed E-state index contributed by atoms with van der Waals surface area (Å²) in [5, 5.41) is 0. The molecule has 140 valence electrons. The van der Waals surface area contributed by atoms with Crippen LogP contribution in [0.1, 0.15) is 24.8 Å². The molecule has 5 heteroatoms. The summed E-state index contributed by atoms with van der Waals surface area (Å²) in [4.78, 5) is 4.60. The highest BCUT2D eigenvalue weighted by Crippen LogP contribution is 2.41. The molecule has 1 aromatic carbocycles. The number of benzene rings is 1. The van der Waals surface area contributed by atoms with E-state index in [4.69, 9.17) is 9.47 Å². The highest BCUT2D eigenvalue weighted by Gasteiger charge is 2.46. The van der Waals surface area contributed by atoms with Crippen molar-refractivity contribution in [3.8, 4) is 0 Å². The van der Waals surface area contributed by atoms with Crippen molar-refractivity contribution in [2.24, 2.45) is 5.92 Å². The summed E-state index contributed by atoms with van der Waals surface area (Å²) in [5.74, 6) is 0.304. The summed E-state index contributed by atoms with van der Waals surface area (Å²) in [7, 11) is 4.13. The van der Waals surface area contributed by atoms with Crippen molar-refractivity contribution < 1.29 is 13.9 Å². The zero-order chi connectivity index (χ0) is 17.7. The summed E-state index contributed by atoms with van der Waals surface area (Å²) in [5.41, 5.74) is 1.10. The van der Waals surface area contributed by atoms with Gasteiger partial charge in [0.15, 0.2) is 0 Å². The second kappa shape index (κ2) is 8.58. The molecule has 0 N–H and O–H groups in total. The first-order chi connectivity index (χ1) is 12.1. The second-order valence-corrected chi connectivity index (χ2v) is 7.72. The highest BCUT2D eigenvalue weighted by atomic mass is 19.1. The van der Waals surface area contributed by atoms with Gasteiger partial charge in [0.25, 0.3) is 0 Å². The van der Waals surface area contributed by atoms with E-state index >= 15 is 0 Å². The Balaban J connectivity index is 1.55. The average molecular weight is 350 g/mol. The van der Waals surface area contributed by atoms with Gasteiger partial charge >= 0.3 is 0 Å². The second-order valence-electron chi connectivity index (χ2n) is 7.72. The van der Waals surface area contributed by atoms with Gasteiger partial charge in [0.1, 0.15) is 5.82 Å². The molecule has 3 rings (SSSR count). The van der Waals surface area contributed by atoms with Gasteiger partial charge in [-0.2, -0.15) is 0 Å². The summed E-state index contributed by atoms with van der Waals surface area (Å²) in [6.45, 7) is 6.04. The largest absolute Gasteiger partial charge is 0.380 e. The fourth-order valence-corrected chi connectivity index (χ4v) is 4.09. The van der Waals surface area contributed by atoms with Crippen molar-refractivity contribution in [3.63, 3.8) is 0 Å². The third-order valence-corrected chi connectivity index (χ3v) is 5.51. The molecule has 0 unspecified atom stereocenters. The van der Waals surface area contributed by atoms with Gasteiger partial charge < -0.3 is 14.4 Å². The molecule has 2 aliphatic rings. The van der Waals surface area contributed by atoms with Crippen LogP contribution >= 0.6 is 0 Å². The Labute approximate surface area is 150 Å². The molecule has 2 fully saturated rings. The molecule has 1 aliphatic heterocycles. The Hall–Kier alpha value is -1.01. The molecular weight excluding hydrogens is 319 g/mol. The lowest BCUT2D eigenvalue weighted by atomic mass is 9.89. The third-order valence-electron chi connectivity index (χ3n) is 5.51. The van der Waals surface area contributed by atoms with Crippen molar-refractivity contribution in [2.45, 2.75) is 31.4 Å². The van der Waals surface area contributed by atoms with Crippen LogP contribution in [0.4, 0.5) is 4.39 Å². The molecule has 1 spiro atoms. The van der Waals surface area contributed by atoms with Gasteiger partial charge in [-0.15, -0.1) is 0 Å². The molecular formula is C20H31FN2O2. The van der Waals surface area contributed by atoms with Crippen LogP contribution in [0.25, 0.3) is 0 Å². The lowest BCUT2D eigenvalue weighted by Crippen LogP contribution is -2.54. The topological polar surface area (TPSA) is 24.9 Å². The number of ether oxygens (including phenoxy) is 2. The summed E-state index contributed by atoms with van der Waals surface area (Å²) in [6.07, 6.45) is 3.52. The van der Waals surface area contributed by atoms with Crippen molar-refractivity contribution in [2.75, 3.05) is 53.6 Å². The van der Waals surface area contributed by atoms with E-state index in [2.05, 4.69) is 23.9 Å². The van der Waals surface area contributed by atoms with Crippen LogP contribution in [-0.4, -0.2) is 69.0 Å². The van der Waals surface area contributed by atoms with E-state index in [1.807, 2.05) is 12.1 Å². The van der Waals surface area contributed by atoms with Crippen molar-refractivity contribution in [1.29, 1.82) is 0 Å². The smallest absolute Gasteiger partial charge is 0.123 e. The van der Waals surface area contributed by atoms with Gasteiger partial charge in [-0.25, -0.2) is 4.39 Å². The lowest BCUT2D eigenvalue weighted by Gasteiger charge is -2.44. The maximum absolute atomic E-state index is 13.1. The maximum Gasteiger partial charge on any atom is 0.123 e. The minimum atomic E-state index is -0.173. The van der Waals surface area contributed by atoms with Crippen LogP contribution in [0, 0.1) is 11.7 Å². The van der Waals surface area contributed by atoms with Crippen LogP contribution in [0.15, 0.2) is 24.3 Å². The molecule has 2 atom stereocenters. The fourth-order valence-electron chi connectivity index (χ4n) is 4.09. The monoisotopic (exact) mass is 350 g/mol.